The SMILES string of the molecule is C[C@@H](OC1=C(C(F)(F)F)CN=C(Nc2ccc(S(=O)O)cc2)N1)C(C)(C)O. The van der Waals surface area contributed by atoms with Crippen molar-refractivity contribution in [3.05, 3.63) is 35.7 Å². The molecular weight excluding hydrogens is 387 g/mol. The van der Waals surface area contributed by atoms with E-state index in [0.717, 1.165) is 0 Å². The molecule has 0 saturated carbocycles. The third-order valence-corrected chi connectivity index (χ3v) is 4.53. The number of ether oxygens (including phenoxy) is 1. The Morgan fingerprint density at radius 2 is 1.89 bits per heavy atom. The van der Waals surface area contributed by atoms with Crippen molar-refractivity contribution < 1.29 is 31.8 Å². The lowest BCUT2D eigenvalue weighted by Gasteiger charge is -2.31. The third kappa shape index (κ3) is 5.68. The van der Waals surface area contributed by atoms with Crippen molar-refractivity contribution in [3.63, 3.8) is 0 Å². The summed E-state index contributed by atoms with van der Waals surface area (Å²) >= 11 is -2.13. The van der Waals surface area contributed by atoms with Gasteiger partial charge in [0.05, 0.1) is 17.0 Å². The van der Waals surface area contributed by atoms with Gasteiger partial charge in [0.25, 0.3) is 0 Å². The standard InChI is InChI=1S/C16H20F3N3O4S/c1-9(15(2,3)23)26-13-12(16(17,18)19)8-20-14(22-13)21-10-4-6-11(7-5-10)27(24)25/h4-7,9,23H,8H2,1-3H3,(H,24,25)(H2,20,21,22)/t9-/m1/s1. The van der Waals surface area contributed by atoms with Crippen molar-refractivity contribution in [1.82, 2.24) is 5.32 Å². The van der Waals surface area contributed by atoms with Crippen LogP contribution in [0.2, 0.25) is 0 Å². The summed E-state index contributed by atoms with van der Waals surface area (Å²) in [5, 5.41) is 15.2. The number of rotatable bonds is 5. The molecule has 4 N–H and O–H groups in total. The first-order valence-electron chi connectivity index (χ1n) is 7.86. The number of hydrogen-bond acceptors (Lipinski definition) is 6. The molecule has 1 aliphatic heterocycles. The van der Waals surface area contributed by atoms with Gasteiger partial charge in [0, 0.05) is 5.69 Å². The van der Waals surface area contributed by atoms with Gasteiger partial charge in [-0.2, -0.15) is 13.2 Å². The first-order chi connectivity index (χ1) is 12.4. The molecule has 1 unspecified atom stereocenters. The second-order valence-corrected chi connectivity index (χ2v) is 7.38. The Balaban J connectivity index is 2.18. The van der Waals surface area contributed by atoms with E-state index >= 15 is 0 Å². The summed E-state index contributed by atoms with van der Waals surface area (Å²) < 4.78 is 65.0. The maximum Gasteiger partial charge on any atom is 0.419 e. The normalized spacial score (nSPS) is 17.7. The molecule has 150 valence electrons. The van der Waals surface area contributed by atoms with E-state index in [0.29, 0.717) is 5.69 Å². The summed E-state index contributed by atoms with van der Waals surface area (Å²) in [5.41, 5.74) is -1.90. The Morgan fingerprint density at radius 1 is 1.30 bits per heavy atom. The fourth-order valence-electron chi connectivity index (χ4n) is 1.95. The molecule has 1 aromatic carbocycles. The van der Waals surface area contributed by atoms with Crippen LogP contribution >= 0.6 is 0 Å². The average Bonchev–Trinajstić information content (AvgIpc) is 2.53. The molecule has 1 aliphatic rings. The summed E-state index contributed by atoms with van der Waals surface area (Å²) in [6, 6.07) is 5.76. The summed E-state index contributed by atoms with van der Waals surface area (Å²) in [5.74, 6) is -0.526. The second kappa shape index (κ2) is 7.87. The van der Waals surface area contributed by atoms with Crippen molar-refractivity contribution in [2.75, 3.05) is 11.9 Å². The van der Waals surface area contributed by atoms with Crippen LogP contribution in [0.5, 0.6) is 0 Å². The molecule has 0 aliphatic carbocycles. The summed E-state index contributed by atoms with van der Waals surface area (Å²) in [6.07, 6.45) is -5.57. The highest BCUT2D eigenvalue weighted by Gasteiger charge is 2.40. The highest BCUT2D eigenvalue weighted by molar-refractivity contribution is 7.79. The van der Waals surface area contributed by atoms with Gasteiger partial charge in [-0.15, -0.1) is 0 Å². The Bertz CT molecular complexity index is 771. The molecular formula is C16H20F3N3O4S. The van der Waals surface area contributed by atoms with Crippen molar-refractivity contribution in [2.24, 2.45) is 4.99 Å². The van der Waals surface area contributed by atoms with Gasteiger partial charge in [0.1, 0.15) is 11.7 Å². The minimum Gasteiger partial charge on any atom is -0.473 e. The van der Waals surface area contributed by atoms with Crippen molar-refractivity contribution >= 4 is 22.7 Å². The van der Waals surface area contributed by atoms with Crippen LogP contribution in [0.3, 0.4) is 0 Å². The van der Waals surface area contributed by atoms with Crippen LogP contribution in [0, 0.1) is 0 Å². The lowest BCUT2D eigenvalue weighted by Crippen LogP contribution is -2.43. The molecule has 0 spiro atoms. The van der Waals surface area contributed by atoms with Gasteiger partial charge >= 0.3 is 6.18 Å². The molecule has 11 heteroatoms. The number of hydrogen-bond donors (Lipinski definition) is 4. The molecule has 1 heterocycles. The van der Waals surface area contributed by atoms with Crippen LogP contribution in [-0.4, -0.2) is 44.3 Å². The van der Waals surface area contributed by atoms with Gasteiger partial charge in [-0.25, -0.2) is 9.20 Å². The molecule has 0 aromatic heterocycles. The molecule has 2 rings (SSSR count). The fraction of sp³-hybridized carbons (Fsp3) is 0.438. The zero-order valence-electron chi connectivity index (χ0n) is 14.8. The molecule has 0 radical (unpaired) electrons. The van der Waals surface area contributed by atoms with E-state index in [4.69, 9.17) is 9.29 Å². The molecule has 1 aromatic rings. The zero-order valence-corrected chi connectivity index (χ0v) is 15.6. The number of aliphatic hydroxyl groups is 1. The summed E-state index contributed by atoms with van der Waals surface area (Å²) in [6.45, 7) is 3.64. The Morgan fingerprint density at radius 3 is 2.37 bits per heavy atom. The monoisotopic (exact) mass is 407 g/mol. The zero-order chi connectivity index (χ0) is 20.4. The largest absolute Gasteiger partial charge is 0.473 e. The van der Waals surface area contributed by atoms with E-state index < -0.39 is 47.0 Å². The van der Waals surface area contributed by atoms with E-state index in [9.17, 15) is 22.5 Å². The van der Waals surface area contributed by atoms with E-state index in [1.165, 1.54) is 45.0 Å². The minimum absolute atomic E-state index is 0.0128. The number of nitrogens with zero attached hydrogens (tertiary/aromatic N) is 1. The predicted octanol–water partition coefficient (Wildman–Crippen LogP) is 2.59. The first kappa shape index (κ1) is 21.2. The lowest BCUT2D eigenvalue weighted by molar-refractivity contribution is -0.104. The van der Waals surface area contributed by atoms with E-state index in [1.54, 1.807) is 0 Å². The highest BCUT2D eigenvalue weighted by atomic mass is 32.2. The van der Waals surface area contributed by atoms with Gasteiger partial charge in [-0.05, 0) is 45.0 Å². The number of alkyl halides is 3. The first-order valence-corrected chi connectivity index (χ1v) is 8.97. The Hall–Kier alpha value is -2.11. The molecule has 0 saturated heterocycles. The van der Waals surface area contributed by atoms with E-state index in [2.05, 4.69) is 15.6 Å². The minimum atomic E-state index is -4.65. The van der Waals surface area contributed by atoms with Gasteiger partial charge < -0.3 is 19.7 Å². The van der Waals surface area contributed by atoms with E-state index in [1.807, 2.05) is 0 Å². The summed E-state index contributed by atoms with van der Waals surface area (Å²) in [4.78, 5) is 4.00. The number of halogens is 3. The number of benzene rings is 1. The smallest absolute Gasteiger partial charge is 0.419 e. The van der Waals surface area contributed by atoms with Crippen LogP contribution < -0.4 is 10.6 Å². The van der Waals surface area contributed by atoms with Crippen LogP contribution in [0.15, 0.2) is 45.6 Å². The van der Waals surface area contributed by atoms with Gasteiger partial charge in [0.2, 0.25) is 11.8 Å². The van der Waals surface area contributed by atoms with Crippen molar-refractivity contribution in [2.45, 2.75) is 43.5 Å². The van der Waals surface area contributed by atoms with Crippen LogP contribution in [0.1, 0.15) is 20.8 Å². The van der Waals surface area contributed by atoms with Crippen LogP contribution in [0.4, 0.5) is 18.9 Å². The second-order valence-electron chi connectivity index (χ2n) is 6.41. The number of aliphatic imine (C=N–C) groups is 1. The summed E-state index contributed by atoms with van der Waals surface area (Å²) in [7, 11) is 0. The predicted molar refractivity (Wildman–Crippen MR) is 94.5 cm³/mol. The fourth-order valence-corrected chi connectivity index (χ4v) is 2.32. The molecule has 0 fully saturated rings. The van der Waals surface area contributed by atoms with Gasteiger partial charge in [-0.3, -0.25) is 5.32 Å². The van der Waals surface area contributed by atoms with Gasteiger partial charge in [0.15, 0.2) is 11.1 Å². The molecule has 7 nitrogen and oxygen atoms in total. The third-order valence-electron chi connectivity index (χ3n) is 3.85. The Labute approximate surface area is 156 Å². The Kier molecular flexibility index (Phi) is 6.17. The van der Waals surface area contributed by atoms with Crippen molar-refractivity contribution in [3.8, 4) is 0 Å². The molecule has 0 amide bonds. The molecule has 0 bridgehead atoms. The average molecular weight is 407 g/mol. The highest BCUT2D eigenvalue weighted by Crippen LogP contribution is 2.31. The van der Waals surface area contributed by atoms with Crippen LogP contribution in [-0.2, 0) is 15.8 Å². The number of guanidine groups is 1. The molecule has 27 heavy (non-hydrogen) atoms. The van der Waals surface area contributed by atoms with Crippen molar-refractivity contribution in [1.29, 1.82) is 0 Å². The lowest BCUT2D eigenvalue weighted by atomic mass is 10.0. The topological polar surface area (TPSA) is 103 Å². The van der Waals surface area contributed by atoms with E-state index in [-0.39, 0.29) is 10.9 Å². The quantitative estimate of drug-likeness (QED) is 0.560. The number of anilines is 1. The van der Waals surface area contributed by atoms with Gasteiger partial charge in [-0.1, -0.05) is 0 Å². The maximum atomic E-state index is 13.2. The number of nitrogens with one attached hydrogen (secondary N) is 2. The molecule has 2 atom stereocenters. The van der Waals surface area contributed by atoms with Crippen LogP contribution in [0.25, 0.3) is 0 Å². The maximum absolute atomic E-state index is 13.2.